The molecular formula is C29H20ClN3O2. The summed E-state index contributed by atoms with van der Waals surface area (Å²) in [7, 11) is 0. The molecule has 5 nitrogen and oxygen atoms in total. The summed E-state index contributed by atoms with van der Waals surface area (Å²) in [5.41, 5.74) is 6.87. The number of rotatable bonds is 6. The summed E-state index contributed by atoms with van der Waals surface area (Å²) in [5.74, 6) is 0.0997. The Balaban J connectivity index is 1.58. The number of hydrogen-bond acceptors (Lipinski definition) is 4. The second kappa shape index (κ2) is 9.79. The molecule has 0 aliphatic carbocycles. The number of benzene rings is 4. The highest BCUT2D eigenvalue weighted by atomic mass is 35.5. The van der Waals surface area contributed by atoms with Crippen molar-refractivity contribution in [2.75, 3.05) is 5.32 Å². The molecule has 0 fully saturated rings. The molecule has 0 aliphatic heterocycles. The van der Waals surface area contributed by atoms with E-state index < -0.39 is 4.92 Å². The third kappa shape index (κ3) is 4.90. The highest BCUT2D eigenvalue weighted by Gasteiger charge is 2.20. The first-order valence-corrected chi connectivity index (χ1v) is 11.4. The highest BCUT2D eigenvalue weighted by Crippen LogP contribution is 2.36. The van der Waals surface area contributed by atoms with Gasteiger partial charge in [-0.05, 0) is 69.8 Å². The van der Waals surface area contributed by atoms with E-state index in [0.29, 0.717) is 5.69 Å². The van der Waals surface area contributed by atoms with Crippen LogP contribution in [0.15, 0.2) is 115 Å². The van der Waals surface area contributed by atoms with Crippen molar-refractivity contribution in [3.63, 3.8) is 0 Å². The van der Waals surface area contributed by atoms with Crippen LogP contribution in [0, 0.1) is 10.1 Å². The molecule has 170 valence electrons. The Morgan fingerprint density at radius 2 is 1.20 bits per heavy atom. The summed E-state index contributed by atoms with van der Waals surface area (Å²) in [5, 5.41) is 14.6. The van der Waals surface area contributed by atoms with Crippen LogP contribution in [-0.4, -0.2) is 9.91 Å². The minimum atomic E-state index is -0.531. The molecular weight excluding hydrogens is 458 g/mol. The largest absolute Gasteiger partial charge is 0.334 e. The van der Waals surface area contributed by atoms with Gasteiger partial charge in [0.1, 0.15) is 5.02 Å². The molecule has 35 heavy (non-hydrogen) atoms. The molecule has 0 aliphatic rings. The molecule has 1 heterocycles. The predicted molar refractivity (Wildman–Crippen MR) is 142 cm³/mol. The molecule has 0 radical (unpaired) electrons. The van der Waals surface area contributed by atoms with E-state index in [1.165, 1.54) is 12.3 Å². The molecule has 5 aromatic rings. The number of nitrogens with zero attached hydrogens (tertiary/aromatic N) is 2. The van der Waals surface area contributed by atoms with Crippen LogP contribution in [0.2, 0.25) is 5.02 Å². The van der Waals surface area contributed by atoms with Gasteiger partial charge in [-0.2, -0.15) is 0 Å². The minimum Gasteiger partial charge on any atom is -0.334 e. The average molecular weight is 478 g/mol. The van der Waals surface area contributed by atoms with E-state index in [1.54, 1.807) is 0 Å². The lowest BCUT2D eigenvalue weighted by atomic mass is 9.93. The van der Waals surface area contributed by atoms with Gasteiger partial charge in [0.05, 0.1) is 4.92 Å². The summed E-state index contributed by atoms with van der Waals surface area (Å²) in [6.07, 6.45) is 1.44. The number of pyridine rings is 1. The maximum absolute atomic E-state index is 11.5. The quantitative estimate of drug-likeness (QED) is 0.197. The van der Waals surface area contributed by atoms with Crippen LogP contribution in [0.3, 0.4) is 0 Å². The molecule has 0 saturated carbocycles. The third-order valence-corrected chi connectivity index (χ3v) is 5.97. The second-order valence-electron chi connectivity index (χ2n) is 7.98. The van der Waals surface area contributed by atoms with Crippen molar-refractivity contribution in [1.29, 1.82) is 0 Å². The van der Waals surface area contributed by atoms with Crippen molar-refractivity contribution < 1.29 is 4.92 Å². The Hall–Kier alpha value is -4.48. The van der Waals surface area contributed by atoms with Crippen LogP contribution in [0.1, 0.15) is 0 Å². The van der Waals surface area contributed by atoms with E-state index in [2.05, 4.69) is 52.8 Å². The van der Waals surface area contributed by atoms with Crippen molar-refractivity contribution in [3.8, 4) is 33.4 Å². The van der Waals surface area contributed by atoms with E-state index in [4.69, 9.17) is 11.6 Å². The van der Waals surface area contributed by atoms with Gasteiger partial charge in [0.15, 0.2) is 0 Å². The lowest BCUT2D eigenvalue weighted by molar-refractivity contribution is -0.384. The first-order valence-electron chi connectivity index (χ1n) is 11.0. The summed E-state index contributed by atoms with van der Waals surface area (Å²) >= 11 is 6.05. The first-order chi connectivity index (χ1) is 17.1. The van der Waals surface area contributed by atoms with Crippen LogP contribution in [0.25, 0.3) is 33.4 Å². The minimum absolute atomic E-state index is 0.0340. The average Bonchev–Trinajstić information content (AvgIpc) is 2.89. The van der Waals surface area contributed by atoms with Gasteiger partial charge >= 0.3 is 5.69 Å². The molecule has 0 atom stereocenters. The third-order valence-electron chi connectivity index (χ3n) is 5.66. The van der Waals surface area contributed by atoms with Crippen molar-refractivity contribution in [3.05, 3.63) is 131 Å². The molecule has 5 rings (SSSR count). The van der Waals surface area contributed by atoms with E-state index >= 15 is 0 Å². The van der Waals surface area contributed by atoms with Crippen LogP contribution in [0.4, 0.5) is 17.2 Å². The van der Waals surface area contributed by atoms with E-state index in [-0.39, 0.29) is 16.5 Å². The molecule has 1 aromatic heterocycles. The Kier molecular flexibility index (Phi) is 6.24. The first kappa shape index (κ1) is 22.3. The number of anilines is 2. The molecule has 0 spiro atoms. The standard InChI is InChI=1S/C29H20ClN3O2/c30-27-14-15-31-29(28(27)33(34)35)32-26-13-7-12-22(19-26)25-17-23(20-8-3-1-4-9-20)16-24(18-25)21-10-5-2-6-11-21/h1-19H,(H,31,32). The number of hydrogen-bond donors (Lipinski definition) is 1. The lowest BCUT2D eigenvalue weighted by Gasteiger charge is -2.13. The zero-order valence-electron chi connectivity index (χ0n) is 18.6. The van der Waals surface area contributed by atoms with Gasteiger partial charge in [-0.1, -0.05) is 84.4 Å². The van der Waals surface area contributed by atoms with E-state index in [0.717, 1.165) is 33.4 Å². The molecule has 1 N–H and O–H groups in total. The summed E-state index contributed by atoms with van der Waals surface area (Å²) in [6, 6.07) is 36.1. The Labute approximate surface area is 207 Å². The normalized spacial score (nSPS) is 10.7. The fourth-order valence-electron chi connectivity index (χ4n) is 4.00. The van der Waals surface area contributed by atoms with Crippen molar-refractivity contribution in [1.82, 2.24) is 4.98 Å². The maximum atomic E-state index is 11.5. The summed E-state index contributed by atoms with van der Waals surface area (Å²) in [6.45, 7) is 0. The second-order valence-corrected chi connectivity index (χ2v) is 8.39. The number of aromatic nitrogens is 1. The van der Waals surface area contributed by atoms with Gasteiger partial charge in [0, 0.05) is 11.9 Å². The molecule has 0 unspecified atom stereocenters. The van der Waals surface area contributed by atoms with Crippen LogP contribution in [-0.2, 0) is 0 Å². The molecule has 4 aromatic carbocycles. The van der Waals surface area contributed by atoms with E-state index in [1.807, 2.05) is 60.7 Å². The predicted octanol–water partition coefficient (Wildman–Crippen LogP) is 8.39. The maximum Gasteiger partial charge on any atom is 0.330 e. The number of halogens is 1. The fraction of sp³-hybridized carbons (Fsp3) is 0. The Morgan fingerprint density at radius 3 is 1.77 bits per heavy atom. The van der Waals surface area contributed by atoms with Crippen molar-refractivity contribution in [2.45, 2.75) is 0 Å². The summed E-state index contributed by atoms with van der Waals surface area (Å²) < 4.78 is 0. The van der Waals surface area contributed by atoms with Gasteiger partial charge < -0.3 is 5.32 Å². The fourth-order valence-corrected chi connectivity index (χ4v) is 4.21. The van der Waals surface area contributed by atoms with Gasteiger partial charge in [0.25, 0.3) is 0 Å². The van der Waals surface area contributed by atoms with Gasteiger partial charge in [0.2, 0.25) is 5.82 Å². The van der Waals surface area contributed by atoms with Crippen LogP contribution >= 0.6 is 11.6 Å². The number of nitrogens with one attached hydrogen (secondary N) is 1. The summed E-state index contributed by atoms with van der Waals surface area (Å²) in [4.78, 5) is 15.1. The van der Waals surface area contributed by atoms with Crippen LogP contribution < -0.4 is 5.32 Å². The Bertz CT molecular complexity index is 1450. The Morgan fingerprint density at radius 1 is 0.657 bits per heavy atom. The van der Waals surface area contributed by atoms with Crippen LogP contribution in [0.5, 0.6) is 0 Å². The van der Waals surface area contributed by atoms with Gasteiger partial charge in [-0.15, -0.1) is 0 Å². The monoisotopic (exact) mass is 477 g/mol. The zero-order chi connectivity index (χ0) is 24.2. The SMILES string of the molecule is O=[N+]([O-])c1c(Cl)ccnc1Nc1cccc(-c2cc(-c3ccccc3)cc(-c3ccccc3)c2)c1. The highest BCUT2D eigenvalue weighted by molar-refractivity contribution is 6.33. The van der Waals surface area contributed by atoms with Crippen molar-refractivity contribution in [2.24, 2.45) is 0 Å². The van der Waals surface area contributed by atoms with Gasteiger partial charge in [-0.25, -0.2) is 4.98 Å². The smallest absolute Gasteiger partial charge is 0.330 e. The zero-order valence-corrected chi connectivity index (χ0v) is 19.3. The van der Waals surface area contributed by atoms with Crippen molar-refractivity contribution >= 4 is 28.8 Å². The molecule has 0 bridgehead atoms. The topological polar surface area (TPSA) is 68.1 Å². The van der Waals surface area contributed by atoms with E-state index in [9.17, 15) is 10.1 Å². The lowest BCUT2D eigenvalue weighted by Crippen LogP contribution is -2.00. The molecule has 6 heteroatoms. The van der Waals surface area contributed by atoms with Gasteiger partial charge in [-0.3, -0.25) is 10.1 Å². The number of nitro groups is 1. The molecule has 0 saturated heterocycles. The molecule has 0 amide bonds.